The Morgan fingerprint density at radius 2 is 0.938 bits per heavy atom. The summed E-state index contributed by atoms with van der Waals surface area (Å²) in [6.07, 6.45) is 0. The summed E-state index contributed by atoms with van der Waals surface area (Å²) in [4.78, 5) is 0. The molecule has 16 heavy (non-hydrogen) atoms. The van der Waals surface area contributed by atoms with Gasteiger partial charge in [0.1, 0.15) is 0 Å². The second kappa shape index (κ2) is 2.72. The molecule has 8 nitrogen and oxygen atoms in total. The molecule has 2 aliphatic heterocycles. The quantitative estimate of drug-likeness (QED) is 0.570. The molecule has 0 radical (unpaired) electrons. The van der Waals surface area contributed by atoms with Crippen LogP contribution in [0.25, 0.3) is 0 Å². The second-order valence-electron chi connectivity index (χ2n) is 3.59. The van der Waals surface area contributed by atoms with Gasteiger partial charge in [0.25, 0.3) is 0 Å². The molecule has 12 heteroatoms. The Morgan fingerprint density at radius 1 is 0.750 bits per heavy atom. The second-order valence-corrected chi connectivity index (χ2v) is 14.5. The van der Waals surface area contributed by atoms with Gasteiger partial charge in [-0.1, -0.05) is 0 Å². The Labute approximate surface area is 99.6 Å². The normalized spacial score (nSPS) is 39.4. The van der Waals surface area contributed by atoms with Gasteiger partial charge in [-0.25, -0.2) is 0 Å². The molecule has 2 heterocycles. The molecule has 0 aromatic carbocycles. The fourth-order valence-electron chi connectivity index (χ4n) is 2.06. The van der Waals surface area contributed by atoms with Gasteiger partial charge in [0, 0.05) is 0 Å². The Morgan fingerprint density at radius 3 is 1.12 bits per heavy atom. The van der Waals surface area contributed by atoms with E-state index in [9.17, 15) is 16.8 Å². The standard InChI is InChI=1S/C4H12ClN4O4PS2/c1-6-14(5,7(2)15(6,10)11)8(3)16(12,13)9(14)4/h1-4H3. The van der Waals surface area contributed by atoms with Crippen LogP contribution in [0.3, 0.4) is 0 Å². The van der Waals surface area contributed by atoms with Gasteiger partial charge in [-0.3, -0.25) is 0 Å². The Balaban J connectivity index is 2.67. The summed E-state index contributed by atoms with van der Waals surface area (Å²) < 4.78 is 50.2. The summed E-state index contributed by atoms with van der Waals surface area (Å²) in [5, 5.41) is 0. The zero-order valence-electron chi connectivity index (χ0n) is 9.06. The number of hydrogen-bond donors (Lipinski definition) is 0. The molecule has 0 amide bonds. The van der Waals surface area contributed by atoms with Crippen molar-refractivity contribution in [2.75, 3.05) is 28.2 Å². The van der Waals surface area contributed by atoms with Crippen LogP contribution in [-0.2, 0) is 20.4 Å². The van der Waals surface area contributed by atoms with Crippen LogP contribution in [0.5, 0.6) is 0 Å². The third-order valence-corrected chi connectivity index (χ3v) is 19.7. The van der Waals surface area contributed by atoms with E-state index in [1.54, 1.807) is 0 Å². The number of rotatable bonds is 0. The first-order valence-electron chi connectivity index (χ1n) is 4.15. The Bertz CT molecular complexity index is 485. The minimum absolute atomic E-state index is 0.932. The van der Waals surface area contributed by atoms with Crippen molar-refractivity contribution in [1.82, 2.24) is 16.3 Å². The first kappa shape index (κ1) is 12.9. The van der Waals surface area contributed by atoms with E-state index in [4.69, 9.17) is 11.2 Å². The zero-order chi connectivity index (χ0) is 12.8. The predicted octanol–water partition coefficient (Wildman–Crippen LogP) is -0.402. The molecule has 0 aromatic rings. The van der Waals surface area contributed by atoms with E-state index in [2.05, 4.69) is 0 Å². The molecule has 2 saturated heterocycles. The van der Waals surface area contributed by atoms with E-state index in [-0.39, 0.29) is 0 Å². The van der Waals surface area contributed by atoms with Crippen LogP contribution < -0.4 is 0 Å². The van der Waals surface area contributed by atoms with Gasteiger partial charge >= 0.3 is 99.5 Å². The molecule has 2 aliphatic rings. The van der Waals surface area contributed by atoms with Crippen LogP contribution in [-0.4, -0.2) is 61.3 Å². The fourth-order valence-corrected chi connectivity index (χ4v) is 18.2. The Hall–Kier alpha value is 0.460. The Kier molecular flexibility index (Phi) is 2.20. The summed E-state index contributed by atoms with van der Waals surface area (Å²) in [5.41, 5.74) is 0. The summed E-state index contributed by atoms with van der Waals surface area (Å²) in [7, 11) is -2.16. The fraction of sp³-hybridized carbons (Fsp3) is 1.00. The molecule has 0 atom stereocenters. The third-order valence-electron chi connectivity index (χ3n) is 3.27. The SMILES string of the molecule is CN1S(=O)(=O)N(C)P12(Cl)N(C)S(=O)(=O)N2C. The van der Waals surface area contributed by atoms with Gasteiger partial charge in [-0.05, 0) is 0 Å². The van der Waals surface area contributed by atoms with Gasteiger partial charge in [-0.15, -0.1) is 0 Å². The first-order chi connectivity index (χ1) is 6.94. The molecule has 0 unspecified atom stereocenters. The van der Waals surface area contributed by atoms with Crippen LogP contribution in [0.15, 0.2) is 0 Å². The van der Waals surface area contributed by atoms with E-state index in [0.29, 0.717) is 0 Å². The van der Waals surface area contributed by atoms with Crippen LogP contribution in [0.1, 0.15) is 0 Å². The van der Waals surface area contributed by atoms with E-state index in [1.165, 1.54) is 28.2 Å². The van der Waals surface area contributed by atoms with Crippen molar-refractivity contribution >= 4 is 38.2 Å². The average molecular weight is 311 g/mol. The van der Waals surface area contributed by atoms with Gasteiger partial charge in [-0.2, -0.15) is 0 Å². The zero-order valence-corrected chi connectivity index (χ0v) is 12.3. The number of halogens is 1. The molecule has 0 saturated carbocycles. The molecule has 96 valence electrons. The molecular weight excluding hydrogens is 299 g/mol. The number of hydrogen-bond acceptors (Lipinski definition) is 4. The molecule has 1 spiro atoms. The van der Waals surface area contributed by atoms with Gasteiger partial charge in [0.2, 0.25) is 0 Å². The average Bonchev–Trinajstić information content (AvgIpc) is 2.24. The first-order valence-corrected chi connectivity index (χ1v) is 9.90. The summed E-state index contributed by atoms with van der Waals surface area (Å²) in [5.74, 6) is 0. The molecule has 0 bridgehead atoms. The maximum absolute atomic E-state index is 11.6. The van der Waals surface area contributed by atoms with Gasteiger partial charge in [0.05, 0.1) is 0 Å². The maximum atomic E-state index is 11.6. The van der Waals surface area contributed by atoms with Crippen LogP contribution in [0.2, 0.25) is 0 Å². The van der Waals surface area contributed by atoms with Crippen molar-refractivity contribution in [3.05, 3.63) is 0 Å². The van der Waals surface area contributed by atoms with Crippen LogP contribution in [0, 0.1) is 0 Å². The van der Waals surface area contributed by atoms with Crippen molar-refractivity contribution in [2.45, 2.75) is 0 Å². The van der Waals surface area contributed by atoms with E-state index < -0.39 is 27.0 Å². The van der Waals surface area contributed by atoms with Crippen molar-refractivity contribution in [3.8, 4) is 0 Å². The van der Waals surface area contributed by atoms with E-state index in [0.717, 1.165) is 16.3 Å². The minimum atomic E-state index is -3.83. The van der Waals surface area contributed by atoms with Gasteiger partial charge < -0.3 is 0 Å². The van der Waals surface area contributed by atoms with E-state index in [1.807, 2.05) is 0 Å². The van der Waals surface area contributed by atoms with Crippen LogP contribution in [0.4, 0.5) is 0 Å². The van der Waals surface area contributed by atoms with Crippen molar-refractivity contribution < 1.29 is 16.8 Å². The van der Waals surface area contributed by atoms with Crippen LogP contribution >= 0.6 is 17.8 Å². The van der Waals surface area contributed by atoms with Crippen molar-refractivity contribution in [2.24, 2.45) is 0 Å². The molecule has 2 fully saturated rings. The van der Waals surface area contributed by atoms with Crippen molar-refractivity contribution in [3.63, 3.8) is 0 Å². The van der Waals surface area contributed by atoms with Gasteiger partial charge in [0.15, 0.2) is 0 Å². The molecule has 2 rings (SSSR count). The van der Waals surface area contributed by atoms with E-state index >= 15 is 0 Å². The summed E-state index contributed by atoms with van der Waals surface area (Å²) in [6, 6.07) is 0. The molecule has 0 N–H and O–H groups in total. The molecular formula is C4H12ClN4O4PS2. The number of nitrogens with zero attached hydrogens (tertiary/aromatic N) is 4. The molecule has 0 aromatic heterocycles. The molecule has 0 aliphatic carbocycles. The summed E-state index contributed by atoms with van der Waals surface area (Å²) in [6.45, 7) is -3.83. The predicted molar refractivity (Wildman–Crippen MR) is 61.7 cm³/mol. The third kappa shape index (κ3) is 0.822. The van der Waals surface area contributed by atoms with Crippen molar-refractivity contribution in [1.29, 1.82) is 0 Å². The monoisotopic (exact) mass is 310 g/mol. The summed E-state index contributed by atoms with van der Waals surface area (Å²) >= 11 is 6.38. The topological polar surface area (TPSA) is 81.2 Å².